The quantitative estimate of drug-likeness (QED) is 0.693. The zero-order valence-electron chi connectivity index (χ0n) is 10.7. The molecular weight excluding hydrogens is 273 g/mol. The molecule has 0 unspecified atom stereocenters. The van der Waals surface area contributed by atoms with Crippen molar-refractivity contribution in [3.05, 3.63) is 77.1 Å². The van der Waals surface area contributed by atoms with Gasteiger partial charge in [0.15, 0.2) is 0 Å². The number of nitrogens with one attached hydrogen (secondary N) is 1. The van der Waals surface area contributed by atoms with Crippen LogP contribution in [0.25, 0.3) is 10.8 Å². The van der Waals surface area contributed by atoms with Crippen LogP contribution in [0.5, 0.6) is 0 Å². The largest absolute Gasteiger partial charge is 0.381 e. The topological polar surface area (TPSA) is 12.0 Å². The van der Waals surface area contributed by atoms with Gasteiger partial charge in [-0.2, -0.15) is 0 Å². The van der Waals surface area contributed by atoms with E-state index in [1.807, 2.05) is 18.2 Å². The van der Waals surface area contributed by atoms with Gasteiger partial charge in [0.1, 0.15) is 5.82 Å². The third-order valence-corrected chi connectivity index (χ3v) is 3.44. The summed E-state index contributed by atoms with van der Waals surface area (Å²) in [7, 11) is 0. The maximum Gasteiger partial charge on any atom is 0.126 e. The summed E-state index contributed by atoms with van der Waals surface area (Å²) in [6.07, 6.45) is 0. The highest BCUT2D eigenvalue weighted by Crippen LogP contribution is 2.22. The Balaban J connectivity index is 1.87. The maximum atomic E-state index is 13.3. The van der Waals surface area contributed by atoms with Crippen molar-refractivity contribution in [2.75, 3.05) is 5.32 Å². The number of hydrogen-bond donors (Lipinski definition) is 1. The molecule has 0 heterocycles. The van der Waals surface area contributed by atoms with Crippen LogP contribution in [0.1, 0.15) is 5.56 Å². The fraction of sp³-hybridized carbons (Fsp3) is 0.0588. The summed E-state index contributed by atoms with van der Waals surface area (Å²) in [5.74, 6) is -0.335. The molecule has 0 fully saturated rings. The highest BCUT2D eigenvalue weighted by atomic mass is 35.5. The molecule has 0 aliphatic rings. The fourth-order valence-corrected chi connectivity index (χ4v) is 2.52. The minimum atomic E-state index is -0.335. The normalized spacial score (nSPS) is 10.7. The van der Waals surface area contributed by atoms with Gasteiger partial charge in [-0.05, 0) is 34.5 Å². The number of hydrogen-bond acceptors (Lipinski definition) is 1. The predicted octanol–water partition coefficient (Wildman–Crippen LogP) is 5.24. The van der Waals surface area contributed by atoms with Crippen LogP contribution >= 0.6 is 11.6 Å². The minimum absolute atomic E-state index is 0.335. The first-order chi connectivity index (χ1) is 9.72. The van der Waals surface area contributed by atoms with Gasteiger partial charge in [0, 0.05) is 17.3 Å². The van der Waals surface area contributed by atoms with Crippen molar-refractivity contribution in [2.45, 2.75) is 6.54 Å². The molecule has 20 heavy (non-hydrogen) atoms. The van der Waals surface area contributed by atoms with E-state index in [-0.39, 0.29) is 5.82 Å². The van der Waals surface area contributed by atoms with Crippen LogP contribution in [0.2, 0.25) is 5.02 Å². The van der Waals surface area contributed by atoms with E-state index in [4.69, 9.17) is 11.6 Å². The molecule has 1 nitrogen and oxygen atoms in total. The molecule has 3 rings (SSSR count). The summed E-state index contributed by atoms with van der Waals surface area (Å²) < 4.78 is 13.3. The lowest BCUT2D eigenvalue weighted by molar-refractivity contribution is 0.628. The minimum Gasteiger partial charge on any atom is -0.381 e. The van der Waals surface area contributed by atoms with Crippen molar-refractivity contribution in [2.24, 2.45) is 0 Å². The Bertz CT molecular complexity index is 729. The van der Waals surface area contributed by atoms with Gasteiger partial charge in [-0.1, -0.05) is 54.1 Å². The molecule has 0 aromatic heterocycles. The Labute approximate surface area is 122 Å². The van der Waals surface area contributed by atoms with Crippen LogP contribution in [0, 0.1) is 5.82 Å². The lowest BCUT2D eigenvalue weighted by atomic mass is 10.0. The lowest BCUT2D eigenvalue weighted by Crippen LogP contribution is -2.00. The number of benzene rings is 3. The fourth-order valence-electron chi connectivity index (χ4n) is 2.30. The van der Waals surface area contributed by atoms with E-state index in [2.05, 4.69) is 29.6 Å². The molecule has 0 amide bonds. The van der Waals surface area contributed by atoms with E-state index in [0.717, 1.165) is 0 Å². The van der Waals surface area contributed by atoms with Gasteiger partial charge in [-0.3, -0.25) is 0 Å². The van der Waals surface area contributed by atoms with Crippen LogP contribution in [-0.4, -0.2) is 0 Å². The molecular formula is C17H13ClFN. The van der Waals surface area contributed by atoms with E-state index < -0.39 is 0 Å². The summed E-state index contributed by atoms with van der Waals surface area (Å²) >= 11 is 5.85. The van der Waals surface area contributed by atoms with Gasteiger partial charge < -0.3 is 5.32 Å². The summed E-state index contributed by atoms with van der Waals surface area (Å²) in [4.78, 5) is 0. The zero-order chi connectivity index (χ0) is 13.9. The van der Waals surface area contributed by atoms with Crippen LogP contribution in [0.4, 0.5) is 10.1 Å². The van der Waals surface area contributed by atoms with Gasteiger partial charge in [-0.15, -0.1) is 0 Å². The Kier molecular flexibility index (Phi) is 3.57. The first-order valence-corrected chi connectivity index (χ1v) is 6.77. The third-order valence-electron chi connectivity index (χ3n) is 3.23. The van der Waals surface area contributed by atoms with E-state index in [0.29, 0.717) is 17.3 Å². The average Bonchev–Trinajstić information content (AvgIpc) is 2.44. The van der Waals surface area contributed by atoms with Crippen LogP contribution in [0.15, 0.2) is 60.7 Å². The highest BCUT2D eigenvalue weighted by Gasteiger charge is 2.02. The molecule has 1 N–H and O–H groups in total. The molecule has 0 aliphatic heterocycles. The second-order valence-corrected chi connectivity index (χ2v) is 5.09. The Hall–Kier alpha value is -2.06. The van der Waals surface area contributed by atoms with Crippen molar-refractivity contribution in [1.29, 1.82) is 0 Å². The van der Waals surface area contributed by atoms with Crippen LogP contribution < -0.4 is 5.32 Å². The van der Waals surface area contributed by atoms with Crippen molar-refractivity contribution in [3.8, 4) is 0 Å². The second-order valence-electron chi connectivity index (χ2n) is 4.65. The monoisotopic (exact) mass is 285 g/mol. The first-order valence-electron chi connectivity index (χ1n) is 6.39. The number of halogens is 2. The number of anilines is 1. The van der Waals surface area contributed by atoms with E-state index >= 15 is 0 Å². The Morgan fingerprint density at radius 2 is 1.75 bits per heavy atom. The number of fused-ring (bicyclic) bond motifs is 1. The van der Waals surface area contributed by atoms with Gasteiger partial charge >= 0.3 is 0 Å². The smallest absolute Gasteiger partial charge is 0.126 e. The van der Waals surface area contributed by atoms with Crippen molar-refractivity contribution < 1.29 is 4.39 Å². The molecule has 3 aromatic rings. The maximum absolute atomic E-state index is 13.3. The van der Waals surface area contributed by atoms with Crippen molar-refractivity contribution in [3.63, 3.8) is 0 Å². The first kappa shape index (κ1) is 12.9. The van der Waals surface area contributed by atoms with Crippen LogP contribution in [0.3, 0.4) is 0 Å². The lowest BCUT2D eigenvalue weighted by Gasteiger charge is -2.10. The molecule has 0 bridgehead atoms. The zero-order valence-corrected chi connectivity index (χ0v) is 11.5. The highest BCUT2D eigenvalue weighted by molar-refractivity contribution is 6.30. The molecule has 0 saturated carbocycles. The summed E-state index contributed by atoms with van der Waals surface area (Å²) in [6, 6.07) is 18.8. The van der Waals surface area contributed by atoms with E-state index in [9.17, 15) is 4.39 Å². The third kappa shape index (κ3) is 2.75. The summed E-state index contributed by atoms with van der Waals surface area (Å²) in [6.45, 7) is 0.626. The second kappa shape index (κ2) is 5.51. The summed E-state index contributed by atoms with van der Waals surface area (Å²) in [5, 5.41) is 6.00. The average molecular weight is 286 g/mol. The standard InChI is InChI=1S/C17H13ClFN/c18-14-8-15(19)10-16(9-14)20-11-13-6-3-5-12-4-1-2-7-17(12)13/h1-10,20H,11H2. The molecule has 0 aliphatic carbocycles. The number of rotatable bonds is 3. The van der Waals surface area contributed by atoms with Crippen molar-refractivity contribution in [1.82, 2.24) is 0 Å². The van der Waals surface area contributed by atoms with Gasteiger partial charge in [-0.25, -0.2) is 4.39 Å². The van der Waals surface area contributed by atoms with Gasteiger partial charge in [0.2, 0.25) is 0 Å². The van der Waals surface area contributed by atoms with Crippen molar-refractivity contribution >= 4 is 28.1 Å². The van der Waals surface area contributed by atoms with E-state index in [1.54, 1.807) is 6.07 Å². The van der Waals surface area contributed by atoms with Gasteiger partial charge in [0.25, 0.3) is 0 Å². The SMILES string of the molecule is Fc1cc(Cl)cc(NCc2cccc3ccccc23)c1. The van der Waals surface area contributed by atoms with Gasteiger partial charge in [0.05, 0.1) is 0 Å². The molecule has 3 heteroatoms. The molecule has 0 saturated heterocycles. The van der Waals surface area contributed by atoms with E-state index in [1.165, 1.54) is 28.5 Å². The molecule has 100 valence electrons. The van der Waals surface area contributed by atoms with Crippen LogP contribution in [-0.2, 0) is 6.54 Å². The molecule has 0 atom stereocenters. The molecule has 3 aromatic carbocycles. The Morgan fingerprint density at radius 3 is 2.60 bits per heavy atom. The Morgan fingerprint density at radius 1 is 0.950 bits per heavy atom. The summed E-state index contributed by atoms with van der Waals surface area (Å²) in [5.41, 5.74) is 1.85. The predicted molar refractivity (Wildman–Crippen MR) is 82.7 cm³/mol. The molecule has 0 spiro atoms. The molecule has 0 radical (unpaired) electrons.